The molecule has 1 aliphatic rings. The van der Waals surface area contributed by atoms with Gasteiger partial charge in [0.05, 0.1) is 4.99 Å². The van der Waals surface area contributed by atoms with Crippen molar-refractivity contribution < 1.29 is 4.79 Å². The molecule has 0 saturated carbocycles. The lowest BCUT2D eigenvalue weighted by Gasteiger charge is -2.31. The summed E-state index contributed by atoms with van der Waals surface area (Å²) in [6, 6.07) is 7.88. The minimum atomic E-state index is 0.115. The molecule has 0 bridgehead atoms. The van der Waals surface area contributed by atoms with E-state index in [0.717, 1.165) is 37.9 Å². The van der Waals surface area contributed by atoms with Crippen molar-refractivity contribution in [3.05, 3.63) is 35.4 Å². The van der Waals surface area contributed by atoms with Crippen LogP contribution < -0.4 is 5.73 Å². The Labute approximate surface area is 119 Å². The first-order valence-corrected chi connectivity index (χ1v) is 7.20. The van der Waals surface area contributed by atoms with Gasteiger partial charge >= 0.3 is 0 Å². The summed E-state index contributed by atoms with van der Waals surface area (Å²) in [5.74, 6) is 0.408. The predicted molar refractivity (Wildman–Crippen MR) is 81.2 cm³/mol. The number of aryl methyl sites for hydroxylation is 1. The number of hydrogen-bond donors (Lipinski definition) is 1. The van der Waals surface area contributed by atoms with Gasteiger partial charge in [-0.25, -0.2) is 0 Å². The number of rotatable bonds is 3. The van der Waals surface area contributed by atoms with Crippen molar-refractivity contribution in [2.75, 3.05) is 13.1 Å². The van der Waals surface area contributed by atoms with E-state index in [-0.39, 0.29) is 5.91 Å². The third kappa shape index (κ3) is 3.32. The first-order valence-electron chi connectivity index (χ1n) is 6.79. The van der Waals surface area contributed by atoms with Crippen LogP contribution in [0.2, 0.25) is 0 Å². The van der Waals surface area contributed by atoms with E-state index in [1.54, 1.807) is 0 Å². The van der Waals surface area contributed by atoms with E-state index in [2.05, 4.69) is 6.92 Å². The molecule has 102 valence electrons. The molecule has 2 N–H and O–H groups in total. The van der Waals surface area contributed by atoms with E-state index in [1.807, 2.05) is 29.2 Å². The van der Waals surface area contributed by atoms with Crippen LogP contribution in [0.3, 0.4) is 0 Å². The Balaban J connectivity index is 1.98. The fourth-order valence-electron chi connectivity index (χ4n) is 2.43. The van der Waals surface area contributed by atoms with Gasteiger partial charge in [0.15, 0.2) is 0 Å². The lowest BCUT2D eigenvalue weighted by Crippen LogP contribution is -2.41. The molecule has 1 fully saturated rings. The molecule has 0 unspecified atom stereocenters. The van der Waals surface area contributed by atoms with Gasteiger partial charge in [0, 0.05) is 24.6 Å². The highest BCUT2D eigenvalue weighted by Crippen LogP contribution is 2.19. The topological polar surface area (TPSA) is 46.3 Å². The molecule has 1 heterocycles. The summed E-state index contributed by atoms with van der Waals surface area (Å²) in [5.41, 5.74) is 7.68. The Morgan fingerprint density at radius 3 is 2.37 bits per heavy atom. The number of benzene rings is 1. The minimum Gasteiger partial charge on any atom is -0.393 e. The lowest BCUT2D eigenvalue weighted by atomic mass is 9.96. The molecule has 2 rings (SSSR count). The van der Waals surface area contributed by atoms with E-state index >= 15 is 0 Å². The van der Waals surface area contributed by atoms with E-state index in [9.17, 15) is 4.79 Å². The lowest BCUT2D eigenvalue weighted by molar-refractivity contribution is 0.0710. The number of likely N-dealkylation sites (tertiary alicyclic amines) is 1. The van der Waals surface area contributed by atoms with E-state index in [0.29, 0.717) is 10.9 Å². The Morgan fingerprint density at radius 2 is 1.89 bits per heavy atom. The molecule has 0 radical (unpaired) electrons. The van der Waals surface area contributed by atoms with E-state index in [4.69, 9.17) is 18.0 Å². The second-order valence-corrected chi connectivity index (χ2v) is 5.49. The Hall–Kier alpha value is -1.42. The highest BCUT2D eigenvalue weighted by Gasteiger charge is 2.24. The van der Waals surface area contributed by atoms with Crippen molar-refractivity contribution in [1.29, 1.82) is 0 Å². The number of piperidine rings is 1. The second kappa shape index (κ2) is 6.15. The van der Waals surface area contributed by atoms with Gasteiger partial charge in [-0.2, -0.15) is 0 Å². The molecule has 0 aromatic heterocycles. The van der Waals surface area contributed by atoms with Crippen LogP contribution in [0, 0.1) is 5.92 Å². The summed E-state index contributed by atoms with van der Waals surface area (Å²) in [4.78, 5) is 14.8. The van der Waals surface area contributed by atoms with Crippen molar-refractivity contribution in [3.8, 4) is 0 Å². The third-order valence-corrected chi connectivity index (χ3v) is 4.13. The summed E-state index contributed by atoms with van der Waals surface area (Å²) in [5, 5.41) is 0. The molecule has 1 aliphatic heterocycles. The fourth-order valence-corrected chi connectivity index (χ4v) is 2.67. The third-order valence-electron chi connectivity index (χ3n) is 3.79. The van der Waals surface area contributed by atoms with Gasteiger partial charge < -0.3 is 10.6 Å². The minimum absolute atomic E-state index is 0.115. The normalized spacial score (nSPS) is 16.4. The fraction of sp³-hybridized carbons (Fsp3) is 0.467. The molecule has 1 aromatic rings. The van der Waals surface area contributed by atoms with Crippen LogP contribution in [-0.2, 0) is 6.42 Å². The van der Waals surface area contributed by atoms with Crippen LogP contribution in [0.25, 0.3) is 0 Å². The monoisotopic (exact) mass is 276 g/mol. The zero-order valence-electron chi connectivity index (χ0n) is 11.3. The Kier molecular flexibility index (Phi) is 4.53. The smallest absolute Gasteiger partial charge is 0.253 e. The van der Waals surface area contributed by atoms with Crippen LogP contribution in [0.4, 0.5) is 0 Å². The summed E-state index contributed by atoms with van der Waals surface area (Å²) in [6.07, 6.45) is 2.76. The molecule has 4 heteroatoms. The second-order valence-electron chi connectivity index (χ2n) is 5.02. The van der Waals surface area contributed by atoms with Gasteiger partial charge in [0.2, 0.25) is 0 Å². The summed E-state index contributed by atoms with van der Waals surface area (Å²) in [7, 11) is 0. The van der Waals surface area contributed by atoms with Crippen LogP contribution in [-0.4, -0.2) is 28.9 Å². The standard InChI is InChI=1S/C15H20N2OS/c1-2-11-3-5-13(6-4-11)15(18)17-9-7-12(8-10-17)14(16)19/h3-6,12H,2,7-10H2,1H3,(H2,16,19). The van der Waals surface area contributed by atoms with Crippen LogP contribution in [0.5, 0.6) is 0 Å². The van der Waals surface area contributed by atoms with Gasteiger partial charge in [-0.15, -0.1) is 0 Å². The van der Waals surface area contributed by atoms with Gasteiger partial charge in [-0.05, 0) is 37.0 Å². The number of nitrogens with two attached hydrogens (primary N) is 1. The Bertz CT molecular complexity index is 462. The Morgan fingerprint density at radius 1 is 1.32 bits per heavy atom. The highest BCUT2D eigenvalue weighted by molar-refractivity contribution is 7.80. The van der Waals surface area contributed by atoms with Crippen LogP contribution in [0.1, 0.15) is 35.7 Å². The number of hydrogen-bond acceptors (Lipinski definition) is 2. The molecular weight excluding hydrogens is 256 g/mol. The maximum absolute atomic E-state index is 12.3. The van der Waals surface area contributed by atoms with Gasteiger partial charge in [0.25, 0.3) is 5.91 Å². The largest absolute Gasteiger partial charge is 0.393 e. The molecular formula is C15H20N2OS. The van der Waals surface area contributed by atoms with E-state index < -0.39 is 0 Å². The number of nitrogens with zero attached hydrogens (tertiary/aromatic N) is 1. The molecule has 0 atom stereocenters. The highest BCUT2D eigenvalue weighted by atomic mass is 32.1. The number of carbonyl (C=O) groups is 1. The molecule has 1 saturated heterocycles. The maximum atomic E-state index is 12.3. The molecule has 1 amide bonds. The molecule has 19 heavy (non-hydrogen) atoms. The van der Waals surface area contributed by atoms with Crippen molar-refractivity contribution in [2.24, 2.45) is 11.7 Å². The molecule has 0 spiro atoms. The first-order chi connectivity index (χ1) is 9.11. The predicted octanol–water partition coefficient (Wildman–Crippen LogP) is 2.39. The van der Waals surface area contributed by atoms with Gasteiger partial charge in [0.1, 0.15) is 0 Å². The van der Waals surface area contributed by atoms with Crippen LogP contribution in [0.15, 0.2) is 24.3 Å². The molecule has 1 aromatic carbocycles. The average molecular weight is 276 g/mol. The van der Waals surface area contributed by atoms with E-state index in [1.165, 1.54) is 5.56 Å². The van der Waals surface area contributed by atoms with Crippen molar-refractivity contribution in [3.63, 3.8) is 0 Å². The van der Waals surface area contributed by atoms with Crippen LogP contribution >= 0.6 is 12.2 Å². The zero-order chi connectivity index (χ0) is 13.8. The van der Waals surface area contributed by atoms with Crippen molar-refractivity contribution in [1.82, 2.24) is 4.90 Å². The maximum Gasteiger partial charge on any atom is 0.253 e. The van der Waals surface area contributed by atoms with Gasteiger partial charge in [-0.3, -0.25) is 4.79 Å². The SMILES string of the molecule is CCc1ccc(C(=O)N2CCC(C(N)=S)CC2)cc1. The number of carbonyl (C=O) groups excluding carboxylic acids is 1. The molecule has 0 aliphatic carbocycles. The number of amides is 1. The molecule has 3 nitrogen and oxygen atoms in total. The quantitative estimate of drug-likeness (QED) is 0.862. The van der Waals surface area contributed by atoms with Crippen molar-refractivity contribution >= 4 is 23.1 Å². The zero-order valence-corrected chi connectivity index (χ0v) is 12.1. The van der Waals surface area contributed by atoms with Crippen molar-refractivity contribution in [2.45, 2.75) is 26.2 Å². The van der Waals surface area contributed by atoms with Gasteiger partial charge in [-0.1, -0.05) is 31.3 Å². The summed E-state index contributed by atoms with van der Waals surface area (Å²) in [6.45, 7) is 3.60. The summed E-state index contributed by atoms with van der Waals surface area (Å²) >= 11 is 5.02. The summed E-state index contributed by atoms with van der Waals surface area (Å²) < 4.78 is 0. The average Bonchev–Trinajstić information content (AvgIpc) is 2.46. The first kappa shape index (κ1) is 14.0. The number of thiocarbonyl (C=S) groups is 1.